The van der Waals surface area contributed by atoms with Crippen LogP contribution < -0.4 is 0 Å². The highest BCUT2D eigenvalue weighted by Crippen LogP contribution is 1.95. The topological polar surface area (TPSA) is 49.7 Å². The number of carbonyl (C=O) groups is 1. The number of rotatable bonds is 3. The minimum atomic E-state index is -0.516. The number of halogens is 1. The van der Waals surface area contributed by atoms with Crippen LogP contribution in [-0.2, 0) is 4.79 Å². The van der Waals surface area contributed by atoms with Gasteiger partial charge in [-0.15, -0.1) is 0 Å². The van der Waals surface area contributed by atoms with E-state index >= 15 is 0 Å². The van der Waals surface area contributed by atoms with Gasteiger partial charge >= 0.3 is 0 Å². The molecule has 4 heteroatoms. The van der Waals surface area contributed by atoms with Gasteiger partial charge in [0.15, 0.2) is 0 Å². The molecule has 3 nitrogen and oxygen atoms in total. The number of carbonyl (C=O) groups excluding carboxylic acids is 1. The third-order valence-corrected chi connectivity index (χ3v) is 0.861. The molecule has 0 spiro atoms. The third kappa shape index (κ3) is 5.31. The van der Waals surface area contributed by atoms with Crippen molar-refractivity contribution in [1.29, 1.82) is 0 Å². The Balaban J connectivity index is 3.80. The lowest BCUT2D eigenvalue weighted by molar-refractivity contribution is -0.111. The minimum absolute atomic E-state index is 0.00469. The summed E-state index contributed by atoms with van der Waals surface area (Å²) < 4.78 is 0. The van der Waals surface area contributed by atoms with Crippen molar-refractivity contribution in [2.75, 3.05) is 0 Å². The monoisotopic (exact) mass is 161 g/mol. The second-order valence-electron chi connectivity index (χ2n) is 1.51. The lowest BCUT2D eigenvalue weighted by Crippen LogP contribution is -1.83. The van der Waals surface area contributed by atoms with E-state index in [9.17, 15) is 4.79 Å². The first kappa shape index (κ1) is 9.17. The van der Waals surface area contributed by atoms with E-state index in [1.165, 1.54) is 12.3 Å². The molecule has 0 aliphatic heterocycles. The summed E-state index contributed by atoms with van der Waals surface area (Å²) in [5.41, 5.74) is 0. The van der Waals surface area contributed by atoms with Gasteiger partial charge in [0.2, 0.25) is 11.1 Å². The van der Waals surface area contributed by atoms with Gasteiger partial charge in [-0.3, -0.25) is 4.79 Å². The van der Waals surface area contributed by atoms with Crippen molar-refractivity contribution < 1.29 is 9.90 Å². The minimum Gasteiger partial charge on any atom is -0.493 e. The van der Waals surface area contributed by atoms with E-state index in [2.05, 4.69) is 4.99 Å². The molecule has 0 aromatic carbocycles. The van der Waals surface area contributed by atoms with E-state index in [0.29, 0.717) is 0 Å². The maximum absolute atomic E-state index is 10.1. The number of nitrogens with zero attached hydrogens (tertiary/aromatic N) is 1. The molecule has 0 aromatic rings. The summed E-state index contributed by atoms with van der Waals surface area (Å²) in [5, 5.41) is 8.23. The fraction of sp³-hybridized carbons (Fsp3) is 0.333. The molecule has 56 valence electrons. The van der Waals surface area contributed by atoms with Gasteiger partial charge in [0, 0.05) is 12.6 Å². The Hall–Kier alpha value is -0.830. The molecule has 0 rings (SSSR count). The van der Waals surface area contributed by atoms with Crippen molar-refractivity contribution in [1.82, 2.24) is 0 Å². The first-order valence-electron chi connectivity index (χ1n) is 2.73. The van der Waals surface area contributed by atoms with E-state index in [4.69, 9.17) is 16.7 Å². The maximum Gasteiger partial charge on any atom is 0.225 e. The molecule has 0 saturated heterocycles. The van der Waals surface area contributed by atoms with Gasteiger partial charge < -0.3 is 5.11 Å². The van der Waals surface area contributed by atoms with Gasteiger partial charge in [0.05, 0.1) is 0 Å². The molecule has 0 bridgehead atoms. The smallest absolute Gasteiger partial charge is 0.225 e. The summed E-state index contributed by atoms with van der Waals surface area (Å²) in [5.74, 6) is -0.184. The zero-order chi connectivity index (χ0) is 7.98. The zero-order valence-electron chi connectivity index (χ0n) is 5.54. The first-order chi connectivity index (χ1) is 4.66. The Bertz CT molecular complexity index is 175. The molecule has 0 fully saturated rings. The molecule has 0 aliphatic carbocycles. The molecular weight excluding hydrogens is 154 g/mol. The van der Waals surface area contributed by atoms with Crippen LogP contribution in [0, 0.1) is 0 Å². The molecule has 0 atom stereocenters. The van der Waals surface area contributed by atoms with E-state index in [-0.39, 0.29) is 12.3 Å². The van der Waals surface area contributed by atoms with Gasteiger partial charge in [-0.1, -0.05) is 0 Å². The van der Waals surface area contributed by atoms with Crippen LogP contribution in [0.2, 0.25) is 0 Å². The summed E-state index contributed by atoms with van der Waals surface area (Å²) in [4.78, 5) is 13.6. The molecule has 0 radical (unpaired) electrons. The number of hydrogen-bond acceptors (Lipinski definition) is 3. The largest absolute Gasteiger partial charge is 0.493 e. The van der Waals surface area contributed by atoms with E-state index in [1.807, 2.05) is 0 Å². The highest BCUT2D eigenvalue weighted by Gasteiger charge is 1.92. The molecule has 0 aliphatic rings. The van der Waals surface area contributed by atoms with Crippen LogP contribution >= 0.6 is 11.6 Å². The van der Waals surface area contributed by atoms with Gasteiger partial charge in [0.1, 0.15) is 0 Å². The average molecular weight is 162 g/mol. The number of hydrogen-bond donors (Lipinski definition) is 1. The van der Waals surface area contributed by atoms with Gasteiger partial charge in [-0.2, -0.15) is 0 Å². The number of aliphatic imine (C=N–C) groups is 1. The van der Waals surface area contributed by atoms with Crippen molar-refractivity contribution in [3.8, 4) is 0 Å². The SMILES string of the molecule is CC=N/C(O)=C\CC(=O)Cl. The predicted octanol–water partition coefficient (Wildman–Crippen LogP) is 1.63. The van der Waals surface area contributed by atoms with E-state index in [0.717, 1.165) is 0 Å². The maximum atomic E-state index is 10.1. The fourth-order valence-electron chi connectivity index (χ4n) is 0.357. The second-order valence-corrected chi connectivity index (χ2v) is 1.93. The van der Waals surface area contributed by atoms with Crippen LogP contribution in [0.3, 0.4) is 0 Å². The average Bonchev–Trinajstić information content (AvgIpc) is 1.85. The zero-order valence-corrected chi connectivity index (χ0v) is 6.30. The van der Waals surface area contributed by atoms with Crippen molar-refractivity contribution in [2.24, 2.45) is 4.99 Å². The Labute approximate surface area is 64.0 Å². The van der Waals surface area contributed by atoms with E-state index in [1.54, 1.807) is 6.92 Å². The quantitative estimate of drug-likeness (QED) is 0.389. The first-order valence-corrected chi connectivity index (χ1v) is 3.10. The van der Waals surface area contributed by atoms with Crippen LogP contribution in [0.15, 0.2) is 17.0 Å². The van der Waals surface area contributed by atoms with Crippen LogP contribution in [0.1, 0.15) is 13.3 Å². The van der Waals surface area contributed by atoms with Crippen LogP contribution in [0.25, 0.3) is 0 Å². The van der Waals surface area contributed by atoms with Gasteiger partial charge in [-0.25, -0.2) is 4.99 Å². The lowest BCUT2D eigenvalue weighted by atomic mass is 10.4. The fourth-order valence-corrected chi connectivity index (χ4v) is 0.434. The van der Waals surface area contributed by atoms with Crippen LogP contribution in [0.5, 0.6) is 0 Å². The molecule has 0 heterocycles. The summed E-state index contributed by atoms with van der Waals surface area (Å²) in [6, 6.07) is 0. The molecule has 1 N–H and O–H groups in total. The Kier molecular flexibility index (Phi) is 4.58. The van der Waals surface area contributed by atoms with Gasteiger partial charge in [-0.05, 0) is 24.6 Å². The van der Waals surface area contributed by atoms with Crippen LogP contribution in [-0.4, -0.2) is 16.6 Å². The molecule has 0 amide bonds. The number of aliphatic hydroxyl groups excluding tert-OH is 1. The molecule has 0 unspecified atom stereocenters. The lowest BCUT2D eigenvalue weighted by Gasteiger charge is -1.86. The molecule has 10 heavy (non-hydrogen) atoms. The summed E-state index contributed by atoms with van der Waals surface area (Å²) >= 11 is 4.98. The summed E-state index contributed by atoms with van der Waals surface area (Å²) in [7, 11) is 0. The van der Waals surface area contributed by atoms with Crippen molar-refractivity contribution in [3.05, 3.63) is 12.0 Å². The molecule has 0 saturated carbocycles. The number of allylic oxidation sites excluding steroid dienone is 1. The Morgan fingerprint density at radius 3 is 2.80 bits per heavy atom. The van der Waals surface area contributed by atoms with Crippen molar-refractivity contribution in [3.63, 3.8) is 0 Å². The van der Waals surface area contributed by atoms with E-state index < -0.39 is 5.24 Å². The summed E-state index contributed by atoms with van der Waals surface area (Å²) in [6.45, 7) is 1.66. The highest BCUT2D eigenvalue weighted by atomic mass is 35.5. The van der Waals surface area contributed by atoms with Crippen LogP contribution in [0.4, 0.5) is 0 Å². The predicted molar refractivity (Wildman–Crippen MR) is 40.4 cm³/mol. The van der Waals surface area contributed by atoms with Crippen molar-refractivity contribution in [2.45, 2.75) is 13.3 Å². The molecular formula is C6H8ClNO2. The Morgan fingerprint density at radius 2 is 2.40 bits per heavy atom. The molecule has 0 aromatic heterocycles. The Morgan fingerprint density at radius 1 is 1.80 bits per heavy atom. The normalized spacial score (nSPS) is 12.4. The van der Waals surface area contributed by atoms with Gasteiger partial charge in [0.25, 0.3) is 0 Å². The number of aliphatic hydroxyl groups is 1. The summed E-state index contributed by atoms with van der Waals surface area (Å²) in [6.07, 6.45) is 2.67. The third-order valence-electron chi connectivity index (χ3n) is 0.706. The second kappa shape index (κ2) is 4.99. The van der Waals surface area contributed by atoms with Crippen molar-refractivity contribution >= 4 is 23.1 Å². The highest BCUT2D eigenvalue weighted by molar-refractivity contribution is 6.63. The standard InChI is InChI=1S/C6H8ClNO2/c1-2-8-6(10)4-3-5(7)9/h2,4,10H,3H2,1H3/b6-4+,8-2?.